The number of carbonyl (C=O) groups excluding carboxylic acids is 4. The summed E-state index contributed by atoms with van der Waals surface area (Å²) in [5.41, 5.74) is 2.61. The van der Waals surface area contributed by atoms with Gasteiger partial charge >= 0.3 is 29.7 Å². The van der Waals surface area contributed by atoms with E-state index in [1.54, 1.807) is 0 Å². The smallest absolute Gasteiger partial charge is 0.339 e. The SMILES string of the molecule is O=C1C=CC(=O)OC2(CCN(C(=O)NCCCN3CC=C(c4ccccc4)CC3)C2=O)O1. The molecule has 3 aliphatic rings. The van der Waals surface area contributed by atoms with E-state index in [4.69, 9.17) is 9.47 Å². The van der Waals surface area contributed by atoms with Gasteiger partial charge in [-0.3, -0.25) is 14.6 Å². The van der Waals surface area contributed by atoms with E-state index in [0.717, 1.165) is 49.5 Å². The number of ether oxygens (including phenoxy) is 2. The standard InChI is InChI=1S/C23H25N3O6/c27-19-7-8-20(28)32-23(31-19)11-16-26(21(23)29)22(30)24-12-4-13-25-14-9-18(10-15-25)17-5-2-1-3-6-17/h1-3,5-9H,4,10-16H2,(H,24,30). The molecule has 0 aliphatic carbocycles. The molecule has 0 unspecified atom stereocenters. The Balaban J connectivity index is 1.21. The molecule has 0 radical (unpaired) electrons. The van der Waals surface area contributed by atoms with Crippen molar-refractivity contribution in [2.45, 2.75) is 25.0 Å². The molecule has 1 N–H and O–H groups in total. The lowest BCUT2D eigenvalue weighted by atomic mass is 9.99. The molecule has 3 heterocycles. The van der Waals surface area contributed by atoms with E-state index in [1.807, 2.05) is 18.2 Å². The molecule has 1 aromatic carbocycles. The summed E-state index contributed by atoms with van der Waals surface area (Å²) in [6, 6.07) is 9.73. The third kappa shape index (κ3) is 4.72. The van der Waals surface area contributed by atoms with Crippen molar-refractivity contribution in [2.75, 3.05) is 32.7 Å². The molecule has 1 fully saturated rings. The Kier molecular flexibility index (Phi) is 6.36. The molecule has 168 valence electrons. The number of esters is 2. The van der Waals surface area contributed by atoms with Crippen molar-refractivity contribution in [3.8, 4) is 0 Å². The Labute approximate surface area is 185 Å². The normalized spacial score (nSPS) is 20.6. The number of carbonyl (C=O) groups is 4. The van der Waals surface area contributed by atoms with E-state index in [-0.39, 0.29) is 13.0 Å². The van der Waals surface area contributed by atoms with Gasteiger partial charge in [0, 0.05) is 44.9 Å². The van der Waals surface area contributed by atoms with Crippen LogP contribution in [0.15, 0.2) is 48.6 Å². The highest BCUT2D eigenvalue weighted by molar-refractivity contribution is 6.04. The zero-order chi connectivity index (χ0) is 22.6. The summed E-state index contributed by atoms with van der Waals surface area (Å²) in [7, 11) is 0. The lowest BCUT2D eigenvalue weighted by Crippen LogP contribution is -2.50. The van der Waals surface area contributed by atoms with Crippen LogP contribution in [0.2, 0.25) is 0 Å². The molecular formula is C23H25N3O6. The van der Waals surface area contributed by atoms with E-state index >= 15 is 0 Å². The van der Waals surface area contributed by atoms with Crippen LogP contribution in [0.25, 0.3) is 5.57 Å². The largest absolute Gasteiger partial charge is 0.410 e. The molecule has 3 aliphatic heterocycles. The highest BCUT2D eigenvalue weighted by atomic mass is 16.7. The third-order valence-corrected chi connectivity index (χ3v) is 5.73. The molecule has 32 heavy (non-hydrogen) atoms. The first-order chi connectivity index (χ1) is 15.5. The molecule has 0 atom stereocenters. The molecule has 0 saturated carbocycles. The van der Waals surface area contributed by atoms with Gasteiger partial charge < -0.3 is 14.8 Å². The molecule has 1 saturated heterocycles. The summed E-state index contributed by atoms with van der Waals surface area (Å²) < 4.78 is 10.0. The number of likely N-dealkylation sites (tertiary alicyclic amines) is 1. The Morgan fingerprint density at radius 1 is 1.03 bits per heavy atom. The van der Waals surface area contributed by atoms with Crippen LogP contribution in [0, 0.1) is 0 Å². The first kappa shape index (κ1) is 21.8. The summed E-state index contributed by atoms with van der Waals surface area (Å²) in [5, 5.41) is 2.72. The number of hydrogen-bond donors (Lipinski definition) is 1. The van der Waals surface area contributed by atoms with E-state index < -0.39 is 29.7 Å². The monoisotopic (exact) mass is 439 g/mol. The first-order valence-electron chi connectivity index (χ1n) is 10.7. The second-order valence-corrected chi connectivity index (χ2v) is 7.87. The molecule has 9 nitrogen and oxygen atoms in total. The lowest BCUT2D eigenvalue weighted by Gasteiger charge is -2.26. The molecule has 4 rings (SSSR count). The Bertz CT molecular complexity index is 951. The van der Waals surface area contributed by atoms with Gasteiger partial charge in [-0.05, 0) is 24.0 Å². The maximum Gasteiger partial charge on any atom is 0.339 e. The van der Waals surface area contributed by atoms with Crippen LogP contribution < -0.4 is 5.32 Å². The number of nitrogens with zero attached hydrogens (tertiary/aromatic N) is 2. The van der Waals surface area contributed by atoms with Crippen LogP contribution in [0.3, 0.4) is 0 Å². The van der Waals surface area contributed by atoms with Gasteiger partial charge in [-0.1, -0.05) is 36.4 Å². The lowest BCUT2D eigenvalue weighted by molar-refractivity contribution is -0.216. The predicted octanol–water partition coefficient (Wildman–Crippen LogP) is 1.46. The van der Waals surface area contributed by atoms with Crippen molar-refractivity contribution in [1.82, 2.24) is 15.1 Å². The Morgan fingerprint density at radius 3 is 2.41 bits per heavy atom. The Morgan fingerprint density at radius 2 is 1.75 bits per heavy atom. The second kappa shape index (κ2) is 9.35. The second-order valence-electron chi connectivity index (χ2n) is 7.87. The molecule has 0 bridgehead atoms. The van der Waals surface area contributed by atoms with Crippen LogP contribution in [-0.4, -0.2) is 72.2 Å². The fourth-order valence-electron chi connectivity index (χ4n) is 4.03. The average molecular weight is 439 g/mol. The summed E-state index contributed by atoms with van der Waals surface area (Å²) in [5.74, 6) is -4.64. The van der Waals surface area contributed by atoms with E-state index in [0.29, 0.717) is 6.54 Å². The molecule has 1 spiro atoms. The number of nitrogens with one attached hydrogen (secondary N) is 1. The average Bonchev–Trinajstić information content (AvgIpc) is 3.02. The van der Waals surface area contributed by atoms with Crippen LogP contribution in [0.1, 0.15) is 24.8 Å². The Hall–Kier alpha value is -3.46. The van der Waals surface area contributed by atoms with Crippen molar-refractivity contribution in [3.05, 3.63) is 54.1 Å². The van der Waals surface area contributed by atoms with E-state index in [1.165, 1.54) is 11.1 Å². The number of amides is 3. The molecular weight excluding hydrogens is 414 g/mol. The van der Waals surface area contributed by atoms with Crippen molar-refractivity contribution in [2.24, 2.45) is 0 Å². The van der Waals surface area contributed by atoms with Crippen LogP contribution in [-0.2, 0) is 23.9 Å². The van der Waals surface area contributed by atoms with Gasteiger partial charge in [0.05, 0.1) is 6.42 Å². The summed E-state index contributed by atoms with van der Waals surface area (Å²) in [4.78, 5) is 51.7. The van der Waals surface area contributed by atoms with Crippen molar-refractivity contribution < 1.29 is 28.7 Å². The minimum absolute atomic E-state index is 0.00951. The number of urea groups is 1. The third-order valence-electron chi connectivity index (χ3n) is 5.73. The maximum atomic E-state index is 12.7. The zero-order valence-corrected chi connectivity index (χ0v) is 17.6. The fraction of sp³-hybridized carbons (Fsp3) is 0.391. The van der Waals surface area contributed by atoms with Gasteiger partial charge in [-0.15, -0.1) is 0 Å². The predicted molar refractivity (Wildman–Crippen MR) is 114 cm³/mol. The molecule has 0 aromatic heterocycles. The number of hydrogen-bond acceptors (Lipinski definition) is 7. The number of imide groups is 1. The van der Waals surface area contributed by atoms with Gasteiger partial charge in [0.1, 0.15) is 0 Å². The number of rotatable bonds is 5. The zero-order valence-electron chi connectivity index (χ0n) is 17.6. The molecule has 1 aromatic rings. The van der Waals surface area contributed by atoms with Crippen LogP contribution in [0.5, 0.6) is 0 Å². The van der Waals surface area contributed by atoms with Crippen LogP contribution >= 0.6 is 0 Å². The van der Waals surface area contributed by atoms with Gasteiger partial charge in [-0.2, -0.15) is 0 Å². The van der Waals surface area contributed by atoms with Crippen molar-refractivity contribution in [1.29, 1.82) is 0 Å². The molecule has 3 amide bonds. The highest BCUT2D eigenvalue weighted by Crippen LogP contribution is 2.30. The van der Waals surface area contributed by atoms with Gasteiger partial charge in [0.25, 0.3) is 0 Å². The van der Waals surface area contributed by atoms with Gasteiger partial charge in [-0.25, -0.2) is 14.4 Å². The van der Waals surface area contributed by atoms with E-state index in [2.05, 4.69) is 28.4 Å². The fourth-order valence-corrected chi connectivity index (χ4v) is 4.03. The van der Waals surface area contributed by atoms with Gasteiger partial charge in [0.2, 0.25) is 0 Å². The maximum absolute atomic E-state index is 12.7. The molecule has 9 heteroatoms. The summed E-state index contributed by atoms with van der Waals surface area (Å²) in [6.07, 6.45) is 5.64. The quantitative estimate of drug-likeness (QED) is 0.547. The minimum Gasteiger partial charge on any atom is -0.410 e. The minimum atomic E-state index is -2.06. The first-order valence-corrected chi connectivity index (χ1v) is 10.7. The van der Waals surface area contributed by atoms with Crippen molar-refractivity contribution >= 4 is 29.5 Å². The summed E-state index contributed by atoms with van der Waals surface area (Å²) in [6.45, 7) is 3.01. The number of benzene rings is 1. The summed E-state index contributed by atoms with van der Waals surface area (Å²) >= 11 is 0. The van der Waals surface area contributed by atoms with Crippen LogP contribution in [0.4, 0.5) is 4.79 Å². The van der Waals surface area contributed by atoms with E-state index in [9.17, 15) is 19.2 Å². The van der Waals surface area contributed by atoms with Crippen molar-refractivity contribution in [3.63, 3.8) is 0 Å². The highest BCUT2D eigenvalue weighted by Gasteiger charge is 2.56. The topological polar surface area (TPSA) is 105 Å². The van der Waals surface area contributed by atoms with Gasteiger partial charge in [0.15, 0.2) is 0 Å².